The monoisotopic (exact) mass is 582 g/mol. The highest BCUT2D eigenvalue weighted by Gasteiger charge is 2.41. The summed E-state index contributed by atoms with van der Waals surface area (Å²) in [4.78, 5) is 30.3. The van der Waals surface area contributed by atoms with Gasteiger partial charge in [0.15, 0.2) is 16.6 Å². The smallest absolute Gasteiger partial charge is 0.270 e. The zero-order valence-electron chi connectivity index (χ0n) is 22.5. The van der Waals surface area contributed by atoms with E-state index in [9.17, 15) is 9.59 Å². The summed E-state index contributed by atoms with van der Waals surface area (Å²) in [5.41, 5.74) is 3.65. The van der Waals surface area contributed by atoms with Crippen molar-refractivity contribution in [1.29, 1.82) is 0 Å². The van der Waals surface area contributed by atoms with Crippen LogP contribution < -0.4 is 19.3 Å². The zero-order valence-corrected chi connectivity index (χ0v) is 24.1. The maximum Gasteiger partial charge on any atom is 0.270 e. The van der Waals surface area contributed by atoms with Crippen molar-refractivity contribution >= 4 is 58.2 Å². The molecule has 41 heavy (non-hydrogen) atoms. The van der Waals surface area contributed by atoms with Gasteiger partial charge in [0.25, 0.3) is 11.8 Å². The molecular formula is C33H27ClN2O4S. The molecule has 1 saturated heterocycles. The predicted molar refractivity (Wildman–Crippen MR) is 167 cm³/mol. The largest absolute Gasteiger partial charge is 0.490 e. The van der Waals surface area contributed by atoms with Crippen LogP contribution in [0, 0.1) is 6.92 Å². The first kappa shape index (κ1) is 28.1. The molecule has 4 aromatic rings. The Hall–Kier alpha value is -4.46. The van der Waals surface area contributed by atoms with Crippen molar-refractivity contribution < 1.29 is 19.1 Å². The number of benzene rings is 4. The average Bonchev–Trinajstić information content (AvgIpc) is 2.96. The zero-order chi connectivity index (χ0) is 28.9. The van der Waals surface area contributed by atoms with Crippen LogP contribution in [-0.4, -0.2) is 23.5 Å². The molecule has 8 heteroatoms. The predicted octanol–water partition coefficient (Wildman–Crippen LogP) is 7.37. The van der Waals surface area contributed by atoms with E-state index in [-0.39, 0.29) is 10.7 Å². The minimum atomic E-state index is -0.535. The van der Waals surface area contributed by atoms with Gasteiger partial charge in [0.1, 0.15) is 12.2 Å². The van der Waals surface area contributed by atoms with E-state index < -0.39 is 11.8 Å². The number of hydrogen-bond donors (Lipinski definition) is 0. The van der Waals surface area contributed by atoms with Crippen molar-refractivity contribution in [2.45, 2.75) is 20.5 Å². The Morgan fingerprint density at radius 1 is 0.805 bits per heavy atom. The molecule has 5 rings (SSSR count). The van der Waals surface area contributed by atoms with Gasteiger partial charge in [-0.2, -0.15) is 0 Å². The second-order valence-corrected chi connectivity index (χ2v) is 10.1. The molecule has 0 N–H and O–H groups in total. The fourth-order valence-corrected chi connectivity index (χ4v) is 5.19. The number of ether oxygens (including phenoxy) is 2. The van der Waals surface area contributed by atoms with Gasteiger partial charge in [0.2, 0.25) is 0 Å². The van der Waals surface area contributed by atoms with Crippen molar-refractivity contribution in [2.75, 3.05) is 16.4 Å². The van der Waals surface area contributed by atoms with Crippen LogP contribution in [0.1, 0.15) is 23.6 Å². The van der Waals surface area contributed by atoms with Gasteiger partial charge in [-0.1, -0.05) is 77.8 Å². The van der Waals surface area contributed by atoms with Crippen molar-refractivity contribution in [3.05, 3.63) is 124 Å². The molecule has 206 valence electrons. The van der Waals surface area contributed by atoms with Crippen molar-refractivity contribution in [2.24, 2.45) is 0 Å². The third kappa shape index (κ3) is 6.01. The third-order valence-corrected chi connectivity index (χ3v) is 7.03. The van der Waals surface area contributed by atoms with Crippen LogP contribution in [-0.2, 0) is 16.2 Å². The number of carbonyl (C=O) groups excluding carboxylic acids is 2. The van der Waals surface area contributed by atoms with Crippen LogP contribution in [0.25, 0.3) is 6.08 Å². The first-order valence-electron chi connectivity index (χ1n) is 13.1. The first-order chi connectivity index (χ1) is 19.9. The third-order valence-electron chi connectivity index (χ3n) is 6.39. The summed E-state index contributed by atoms with van der Waals surface area (Å²) in [6.45, 7) is 4.54. The molecule has 0 spiro atoms. The molecule has 0 bridgehead atoms. The highest BCUT2D eigenvalue weighted by Crippen LogP contribution is 2.38. The molecule has 0 unspecified atom stereocenters. The van der Waals surface area contributed by atoms with Crippen LogP contribution in [0.3, 0.4) is 0 Å². The lowest BCUT2D eigenvalue weighted by molar-refractivity contribution is -0.120. The average molecular weight is 583 g/mol. The van der Waals surface area contributed by atoms with Crippen molar-refractivity contribution in [1.82, 2.24) is 0 Å². The number of rotatable bonds is 8. The normalized spacial score (nSPS) is 13.4. The Morgan fingerprint density at radius 3 is 1.98 bits per heavy atom. The van der Waals surface area contributed by atoms with E-state index >= 15 is 0 Å². The van der Waals surface area contributed by atoms with Crippen LogP contribution >= 0.6 is 23.8 Å². The number of amides is 2. The number of nitrogens with zero attached hydrogens (tertiary/aromatic N) is 2. The van der Waals surface area contributed by atoms with Gasteiger partial charge in [-0.05, 0) is 79.7 Å². The van der Waals surface area contributed by atoms with Gasteiger partial charge in [-0.3, -0.25) is 19.4 Å². The van der Waals surface area contributed by atoms with Crippen LogP contribution in [0.4, 0.5) is 11.4 Å². The van der Waals surface area contributed by atoms with E-state index in [1.54, 1.807) is 36.4 Å². The van der Waals surface area contributed by atoms with E-state index in [4.69, 9.17) is 33.3 Å². The number of halogens is 1. The summed E-state index contributed by atoms with van der Waals surface area (Å²) >= 11 is 12.4. The van der Waals surface area contributed by atoms with Gasteiger partial charge in [-0.25, -0.2) is 0 Å². The molecule has 0 saturated carbocycles. The fourth-order valence-electron chi connectivity index (χ4n) is 4.54. The molecule has 6 nitrogen and oxygen atoms in total. The molecule has 4 aromatic carbocycles. The quantitative estimate of drug-likeness (QED) is 0.123. The molecular weight excluding hydrogens is 556 g/mol. The van der Waals surface area contributed by atoms with Crippen LogP contribution in [0.15, 0.2) is 103 Å². The number of hydrogen-bond acceptors (Lipinski definition) is 5. The van der Waals surface area contributed by atoms with Gasteiger partial charge >= 0.3 is 0 Å². The van der Waals surface area contributed by atoms with Crippen molar-refractivity contribution in [3.8, 4) is 11.5 Å². The van der Waals surface area contributed by atoms with Crippen molar-refractivity contribution in [3.63, 3.8) is 0 Å². The molecule has 1 fully saturated rings. The van der Waals surface area contributed by atoms with E-state index in [1.807, 2.05) is 74.5 Å². The molecule has 1 heterocycles. The molecule has 0 radical (unpaired) electrons. The Labute approximate surface area is 249 Å². The second kappa shape index (κ2) is 12.4. The Balaban J connectivity index is 1.55. The van der Waals surface area contributed by atoms with Gasteiger partial charge in [-0.15, -0.1) is 0 Å². The first-order valence-corrected chi connectivity index (χ1v) is 13.9. The summed E-state index contributed by atoms with van der Waals surface area (Å²) in [5.74, 6) is -0.276. The molecule has 1 aliphatic rings. The number of anilines is 2. The summed E-state index contributed by atoms with van der Waals surface area (Å²) in [6, 6.07) is 29.3. The lowest BCUT2D eigenvalue weighted by Crippen LogP contribution is -2.56. The van der Waals surface area contributed by atoms with E-state index in [0.717, 1.165) is 11.1 Å². The Morgan fingerprint density at radius 2 is 1.41 bits per heavy atom. The molecule has 0 atom stereocenters. The highest BCUT2D eigenvalue weighted by atomic mass is 35.5. The molecule has 0 aliphatic carbocycles. The van der Waals surface area contributed by atoms with E-state index in [0.29, 0.717) is 46.7 Å². The number of thiocarbonyl (C=S) groups is 1. The maximum atomic E-state index is 13.8. The topological polar surface area (TPSA) is 59.1 Å². The lowest BCUT2D eigenvalue weighted by atomic mass is 10.0. The molecule has 1 aliphatic heterocycles. The summed E-state index contributed by atoms with van der Waals surface area (Å²) in [6.07, 6.45) is 1.51. The number of aryl methyl sites for hydroxylation is 1. The van der Waals surface area contributed by atoms with Gasteiger partial charge in [0, 0.05) is 0 Å². The summed E-state index contributed by atoms with van der Waals surface area (Å²) in [5, 5.41) is 0.365. The SMILES string of the molecule is CCOc1cc(C=C2C(=O)N(c3ccccc3)C(=S)N(c3ccccc3)C2=O)cc(Cl)c1OCc1cccc(C)c1. The Bertz CT molecular complexity index is 1580. The summed E-state index contributed by atoms with van der Waals surface area (Å²) < 4.78 is 11.9. The fraction of sp³-hybridized carbons (Fsp3) is 0.121. The van der Waals surface area contributed by atoms with Gasteiger partial charge < -0.3 is 9.47 Å². The number of para-hydroxylation sites is 2. The van der Waals surface area contributed by atoms with Crippen LogP contribution in [0.5, 0.6) is 11.5 Å². The maximum absolute atomic E-state index is 13.8. The second-order valence-electron chi connectivity index (χ2n) is 9.33. The molecule has 0 aromatic heterocycles. The van der Waals surface area contributed by atoms with Crippen LogP contribution in [0.2, 0.25) is 5.02 Å². The highest BCUT2D eigenvalue weighted by molar-refractivity contribution is 7.81. The standard InChI is InChI=1S/C33H27ClN2O4S/c1-3-39-29-20-24(19-28(34)30(29)40-21-23-12-10-11-22(2)17-23)18-27-31(37)35(25-13-6-4-7-14-25)33(41)36(32(27)38)26-15-8-5-9-16-26/h4-20H,3,21H2,1-2H3. The molecule has 2 amide bonds. The summed E-state index contributed by atoms with van der Waals surface area (Å²) in [7, 11) is 0. The lowest BCUT2D eigenvalue weighted by Gasteiger charge is -2.36. The van der Waals surface area contributed by atoms with E-state index in [2.05, 4.69) is 0 Å². The van der Waals surface area contributed by atoms with E-state index in [1.165, 1.54) is 15.9 Å². The Kier molecular flexibility index (Phi) is 8.47. The van der Waals surface area contributed by atoms with Gasteiger partial charge in [0.05, 0.1) is 23.0 Å². The minimum absolute atomic E-state index is 0.0711. The number of carbonyl (C=O) groups is 2. The minimum Gasteiger partial charge on any atom is -0.490 e.